The zero-order valence-electron chi connectivity index (χ0n) is 10.9. The first-order chi connectivity index (χ1) is 9.61. The number of nitrogen functional groups attached to an aromatic ring is 1. The number of anilines is 1. The molecule has 2 N–H and O–H groups in total. The van der Waals surface area contributed by atoms with E-state index in [4.69, 9.17) is 22.1 Å². The zero-order valence-corrected chi connectivity index (χ0v) is 12.5. The van der Waals surface area contributed by atoms with E-state index in [-0.39, 0.29) is 0 Å². The molecule has 0 heterocycles. The van der Waals surface area contributed by atoms with E-state index in [2.05, 4.69) is 0 Å². The Morgan fingerprint density at radius 1 is 1.25 bits per heavy atom. The van der Waals surface area contributed by atoms with Gasteiger partial charge in [-0.15, -0.1) is 11.8 Å². The van der Waals surface area contributed by atoms with Crippen molar-refractivity contribution in [3.63, 3.8) is 0 Å². The van der Waals surface area contributed by atoms with Crippen LogP contribution in [0.3, 0.4) is 0 Å². The highest BCUT2D eigenvalue weighted by molar-refractivity contribution is 7.98. The summed E-state index contributed by atoms with van der Waals surface area (Å²) in [5, 5.41) is 0.702. The van der Waals surface area contributed by atoms with E-state index in [9.17, 15) is 4.79 Å². The molecule has 0 spiro atoms. The summed E-state index contributed by atoms with van der Waals surface area (Å²) in [4.78, 5) is 12.9. The molecule has 0 fully saturated rings. The Balaban J connectivity index is 2.19. The Bertz CT molecular complexity index is 614. The number of halogens is 1. The highest BCUT2D eigenvalue weighted by Crippen LogP contribution is 2.28. The number of benzene rings is 2. The van der Waals surface area contributed by atoms with Crippen molar-refractivity contribution in [3.8, 4) is 0 Å². The number of rotatable bonds is 4. The van der Waals surface area contributed by atoms with E-state index < -0.39 is 5.97 Å². The lowest BCUT2D eigenvalue weighted by Crippen LogP contribution is -2.09. The molecule has 20 heavy (non-hydrogen) atoms. The first-order valence-corrected chi connectivity index (χ1v) is 7.32. The van der Waals surface area contributed by atoms with E-state index in [0.29, 0.717) is 22.0 Å². The molecular weight excluding hydrogens is 294 g/mol. The maximum atomic E-state index is 11.8. The van der Waals surface area contributed by atoms with Crippen LogP contribution in [0.25, 0.3) is 0 Å². The third kappa shape index (κ3) is 3.46. The molecule has 0 aliphatic carbocycles. The highest BCUT2D eigenvalue weighted by atomic mass is 35.5. The van der Waals surface area contributed by atoms with Gasteiger partial charge in [0.05, 0.1) is 12.7 Å². The molecule has 0 aromatic heterocycles. The van der Waals surface area contributed by atoms with Gasteiger partial charge < -0.3 is 10.5 Å². The van der Waals surface area contributed by atoms with Crippen LogP contribution in [0.2, 0.25) is 5.02 Å². The number of hydrogen-bond donors (Lipinski definition) is 1. The van der Waals surface area contributed by atoms with Gasteiger partial charge in [-0.2, -0.15) is 0 Å². The maximum Gasteiger partial charge on any atom is 0.340 e. The molecule has 0 saturated carbocycles. The predicted octanol–water partition coefficient (Wildman–Crippen LogP) is 4.00. The van der Waals surface area contributed by atoms with Crippen LogP contribution < -0.4 is 5.73 Å². The van der Waals surface area contributed by atoms with Crippen molar-refractivity contribution in [1.82, 2.24) is 0 Å². The first kappa shape index (κ1) is 14.8. The fourth-order valence-corrected chi connectivity index (χ4v) is 2.80. The number of ether oxygens (including phenoxy) is 1. The largest absolute Gasteiger partial charge is 0.465 e. The first-order valence-electron chi connectivity index (χ1n) is 5.96. The second-order valence-electron chi connectivity index (χ2n) is 4.12. The predicted molar refractivity (Wildman–Crippen MR) is 83.2 cm³/mol. The normalized spacial score (nSPS) is 10.3. The topological polar surface area (TPSA) is 52.3 Å². The van der Waals surface area contributed by atoms with Gasteiger partial charge in [-0.05, 0) is 35.9 Å². The van der Waals surface area contributed by atoms with Crippen molar-refractivity contribution in [2.45, 2.75) is 10.6 Å². The average molecular weight is 308 g/mol. The van der Waals surface area contributed by atoms with E-state index in [1.807, 2.05) is 36.4 Å². The molecule has 2 aromatic rings. The Labute approximate surface area is 127 Å². The minimum atomic E-state index is -0.408. The van der Waals surface area contributed by atoms with E-state index in [1.54, 1.807) is 17.8 Å². The van der Waals surface area contributed by atoms with E-state index in [1.165, 1.54) is 7.11 Å². The van der Waals surface area contributed by atoms with Crippen molar-refractivity contribution in [2.75, 3.05) is 12.8 Å². The van der Waals surface area contributed by atoms with Gasteiger partial charge in [0.25, 0.3) is 0 Å². The number of methoxy groups -OCH3 is 1. The minimum Gasteiger partial charge on any atom is -0.465 e. The van der Waals surface area contributed by atoms with Crippen molar-refractivity contribution >= 4 is 35.0 Å². The molecule has 0 radical (unpaired) electrons. The molecule has 0 amide bonds. The standard InChI is InChI=1S/C15H14ClNO2S/c1-19-15(18)14-10(3-2-4-13(14)17)9-20-12-7-5-11(16)6-8-12/h2-8H,9,17H2,1H3. The Morgan fingerprint density at radius 3 is 2.60 bits per heavy atom. The monoisotopic (exact) mass is 307 g/mol. The molecule has 104 valence electrons. The van der Waals surface area contributed by atoms with E-state index in [0.717, 1.165) is 10.5 Å². The van der Waals surface area contributed by atoms with Crippen molar-refractivity contribution in [1.29, 1.82) is 0 Å². The van der Waals surface area contributed by atoms with Crippen LogP contribution in [-0.2, 0) is 10.5 Å². The average Bonchev–Trinajstić information content (AvgIpc) is 2.46. The Morgan fingerprint density at radius 2 is 1.95 bits per heavy atom. The lowest BCUT2D eigenvalue weighted by molar-refractivity contribution is 0.0601. The molecule has 0 bridgehead atoms. The number of esters is 1. The smallest absolute Gasteiger partial charge is 0.340 e. The van der Waals surface area contributed by atoms with Gasteiger partial charge in [0, 0.05) is 21.4 Å². The molecule has 0 unspecified atom stereocenters. The third-order valence-electron chi connectivity index (χ3n) is 2.78. The van der Waals surface area contributed by atoms with Crippen molar-refractivity contribution < 1.29 is 9.53 Å². The lowest BCUT2D eigenvalue weighted by atomic mass is 10.1. The summed E-state index contributed by atoms with van der Waals surface area (Å²) in [5.41, 5.74) is 7.59. The summed E-state index contributed by atoms with van der Waals surface area (Å²) in [7, 11) is 1.35. The summed E-state index contributed by atoms with van der Waals surface area (Å²) < 4.78 is 4.78. The summed E-state index contributed by atoms with van der Waals surface area (Å²) in [6.07, 6.45) is 0. The van der Waals surface area contributed by atoms with Gasteiger partial charge in [0.1, 0.15) is 0 Å². The van der Waals surface area contributed by atoms with Gasteiger partial charge in [0.15, 0.2) is 0 Å². The lowest BCUT2D eigenvalue weighted by Gasteiger charge is -2.10. The molecular formula is C15H14ClNO2S. The highest BCUT2D eigenvalue weighted by Gasteiger charge is 2.15. The number of carbonyl (C=O) groups excluding carboxylic acids is 1. The quantitative estimate of drug-likeness (QED) is 0.527. The summed E-state index contributed by atoms with van der Waals surface area (Å²) >= 11 is 7.46. The van der Waals surface area contributed by atoms with Crippen molar-refractivity contribution in [3.05, 3.63) is 58.6 Å². The fourth-order valence-electron chi connectivity index (χ4n) is 1.78. The van der Waals surface area contributed by atoms with Crippen LogP contribution in [-0.4, -0.2) is 13.1 Å². The zero-order chi connectivity index (χ0) is 14.5. The van der Waals surface area contributed by atoms with Crippen LogP contribution in [0.1, 0.15) is 15.9 Å². The van der Waals surface area contributed by atoms with Crippen LogP contribution in [0.15, 0.2) is 47.4 Å². The van der Waals surface area contributed by atoms with Crippen LogP contribution in [0.5, 0.6) is 0 Å². The number of carbonyl (C=O) groups is 1. The van der Waals surface area contributed by atoms with Crippen LogP contribution in [0, 0.1) is 0 Å². The summed E-state index contributed by atoms with van der Waals surface area (Å²) in [6, 6.07) is 13.0. The molecule has 0 saturated heterocycles. The van der Waals surface area contributed by atoms with E-state index >= 15 is 0 Å². The molecule has 0 aliphatic rings. The number of thioether (sulfide) groups is 1. The van der Waals surface area contributed by atoms with Gasteiger partial charge in [-0.1, -0.05) is 23.7 Å². The number of hydrogen-bond acceptors (Lipinski definition) is 4. The second kappa shape index (κ2) is 6.68. The third-order valence-corrected chi connectivity index (χ3v) is 4.09. The minimum absolute atomic E-state index is 0.408. The van der Waals surface area contributed by atoms with Gasteiger partial charge in [-0.3, -0.25) is 0 Å². The van der Waals surface area contributed by atoms with Crippen LogP contribution in [0.4, 0.5) is 5.69 Å². The van der Waals surface area contributed by atoms with Gasteiger partial charge >= 0.3 is 5.97 Å². The second-order valence-corrected chi connectivity index (χ2v) is 5.60. The molecule has 0 atom stereocenters. The van der Waals surface area contributed by atoms with Crippen LogP contribution >= 0.6 is 23.4 Å². The molecule has 3 nitrogen and oxygen atoms in total. The fraction of sp³-hybridized carbons (Fsp3) is 0.133. The van der Waals surface area contributed by atoms with Gasteiger partial charge in [-0.25, -0.2) is 4.79 Å². The maximum absolute atomic E-state index is 11.8. The number of nitrogens with two attached hydrogens (primary N) is 1. The SMILES string of the molecule is COC(=O)c1c(N)cccc1CSc1ccc(Cl)cc1. The molecule has 2 rings (SSSR count). The summed E-state index contributed by atoms with van der Waals surface area (Å²) in [6.45, 7) is 0. The van der Waals surface area contributed by atoms with Crippen molar-refractivity contribution in [2.24, 2.45) is 0 Å². The summed E-state index contributed by atoms with van der Waals surface area (Å²) in [5.74, 6) is 0.228. The molecule has 0 aliphatic heterocycles. The van der Waals surface area contributed by atoms with Gasteiger partial charge in [0.2, 0.25) is 0 Å². The molecule has 2 aromatic carbocycles. The Hall–Kier alpha value is -1.65. The molecule has 5 heteroatoms. The Kier molecular flexibility index (Phi) is 4.93.